The Balaban J connectivity index is 2.30. The number of para-hydroxylation sites is 1. The van der Waals surface area contributed by atoms with Gasteiger partial charge >= 0.3 is 11.9 Å². The second kappa shape index (κ2) is 10.3. The van der Waals surface area contributed by atoms with E-state index in [4.69, 9.17) is 14.2 Å². The first-order valence-corrected chi connectivity index (χ1v) is 10.5. The number of methoxy groups -OCH3 is 2. The fourth-order valence-electron chi connectivity index (χ4n) is 4.07. The molecule has 168 valence electrons. The van der Waals surface area contributed by atoms with Gasteiger partial charge in [-0.15, -0.1) is 0 Å². The second-order valence-electron chi connectivity index (χ2n) is 7.58. The maximum atomic E-state index is 13.1. The third-order valence-corrected chi connectivity index (χ3v) is 5.55. The molecule has 2 atom stereocenters. The van der Waals surface area contributed by atoms with Gasteiger partial charge in [-0.1, -0.05) is 54.1 Å². The lowest BCUT2D eigenvalue weighted by atomic mass is 9.77. The Morgan fingerprint density at radius 2 is 1.69 bits per heavy atom. The monoisotopic (exact) mass is 435 g/mol. The number of carbonyl (C=O) groups excluding carboxylic acids is 2. The largest absolute Gasteiger partial charge is 0.466 e. The van der Waals surface area contributed by atoms with Gasteiger partial charge in [0.15, 0.2) is 0 Å². The van der Waals surface area contributed by atoms with Crippen LogP contribution in [0.3, 0.4) is 0 Å². The number of carbonyl (C=O) groups is 2. The average Bonchev–Trinajstić information content (AvgIpc) is 2.83. The lowest BCUT2D eigenvalue weighted by molar-refractivity contribution is -0.144. The van der Waals surface area contributed by atoms with Crippen LogP contribution in [-0.2, 0) is 23.8 Å². The molecule has 2 aromatic carbocycles. The SMILES string of the molecule is CC=CC1(C(Nc2ccccc2)c2ccc(C)cc2)OCCC(C(=O)OC)=C1C(=O)OC. The molecule has 0 fully saturated rings. The summed E-state index contributed by atoms with van der Waals surface area (Å²) in [4.78, 5) is 25.8. The maximum absolute atomic E-state index is 13.1. The van der Waals surface area contributed by atoms with Gasteiger partial charge in [-0.25, -0.2) is 9.59 Å². The van der Waals surface area contributed by atoms with Gasteiger partial charge in [0.1, 0.15) is 5.60 Å². The first kappa shape index (κ1) is 23.3. The molecule has 2 aromatic rings. The summed E-state index contributed by atoms with van der Waals surface area (Å²) in [5, 5.41) is 3.53. The first-order valence-electron chi connectivity index (χ1n) is 10.5. The zero-order valence-electron chi connectivity index (χ0n) is 18.9. The number of esters is 2. The molecule has 32 heavy (non-hydrogen) atoms. The highest BCUT2D eigenvalue weighted by molar-refractivity contribution is 6.02. The van der Waals surface area contributed by atoms with Gasteiger partial charge in [0.2, 0.25) is 0 Å². The van der Waals surface area contributed by atoms with Crippen molar-refractivity contribution in [3.8, 4) is 0 Å². The molecule has 0 saturated carbocycles. The molecule has 0 bridgehead atoms. The summed E-state index contributed by atoms with van der Waals surface area (Å²) in [7, 11) is 2.60. The lowest BCUT2D eigenvalue weighted by Crippen LogP contribution is -2.49. The smallest absolute Gasteiger partial charge is 0.337 e. The van der Waals surface area contributed by atoms with Gasteiger partial charge in [-0.2, -0.15) is 0 Å². The number of anilines is 1. The van der Waals surface area contributed by atoms with E-state index in [-0.39, 0.29) is 24.2 Å². The zero-order valence-corrected chi connectivity index (χ0v) is 18.9. The molecule has 1 aliphatic heterocycles. The summed E-state index contributed by atoms with van der Waals surface area (Å²) in [5.74, 6) is -1.19. The molecular formula is C26H29NO5. The lowest BCUT2D eigenvalue weighted by Gasteiger charge is -2.43. The normalized spacial score (nSPS) is 19.5. The number of allylic oxidation sites excluding steroid dienone is 1. The van der Waals surface area contributed by atoms with Crippen molar-refractivity contribution in [2.75, 3.05) is 26.1 Å². The Hall–Kier alpha value is -3.38. The van der Waals surface area contributed by atoms with Crippen molar-refractivity contribution in [3.63, 3.8) is 0 Å². The van der Waals surface area contributed by atoms with Gasteiger partial charge in [-0.3, -0.25) is 0 Å². The van der Waals surface area contributed by atoms with Crippen LogP contribution in [0, 0.1) is 6.92 Å². The summed E-state index contributed by atoms with van der Waals surface area (Å²) < 4.78 is 16.5. The molecule has 0 radical (unpaired) electrons. The number of ether oxygens (including phenoxy) is 3. The Kier molecular flexibility index (Phi) is 7.49. The highest BCUT2D eigenvalue weighted by atomic mass is 16.5. The first-order chi connectivity index (χ1) is 15.5. The predicted octanol–water partition coefficient (Wildman–Crippen LogP) is 4.53. The average molecular weight is 436 g/mol. The molecule has 6 nitrogen and oxygen atoms in total. The van der Waals surface area contributed by atoms with Gasteiger partial charge in [-0.05, 0) is 37.6 Å². The van der Waals surface area contributed by atoms with Crippen molar-refractivity contribution in [3.05, 3.63) is 89.0 Å². The van der Waals surface area contributed by atoms with Crippen LogP contribution in [0.5, 0.6) is 0 Å². The van der Waals surface area contributed by atoms with Crippen molar-refractivity contribution in [2.24, 2.45) is 0 Å². The minimum absolute atomic E-state index is 0.144. The van der Waals surface area contributed by atoms with E-state index in [0.29, 0.717) is 0 Å². The number of rotatable bonds is 7. The molecule has 2 unspecified atom stereocenters. The van der Waals surface area contributed by atoms with E-state index < -0.39 is 23.6 Å². The van der Waals surface area contributed by atoms with Crippen LogP contribution in [0.25, 0.3) is 0 Å². The van der Waals surface area contributed by atoms with Crippen molar-refractivity contribution in [2.45, 2.75) is 31.9 Å². The van der Waals surface area contributed by atoms with E-state index >= 15 is 0 Å². The number of hydrogen-bond acceptors (Lipinski definition) is 6. The molecule has 6 heteroatoms. The van der Waals surface area contributed by atoms with Crippen LogP contribution < -0.4 is 5.32 Å². The van der Waals surface area contributed by atoms with Crippen molar-refractivity contribution < 1.29 is 23.8 Å². The van der Waals surface area contributed by atoms with Crippen LogP contribution >= 0.6 is 0 Å². The van der Waals surface area contributed by atoms with Crippen LogP contribution in [0.4, 0.5) is 5.69 Å². The Labute approximate surface area is 188 Å². The number of aryl methyl sites for hydroxylation is 1. The van der Waals surface area contributed by atoms with Crippen LogP contribution in [0.1, 0.15) is 30.5 Å². The molecule has 3 rings (SSSR count). The highest BCUT2D eigenvalue weighted by Gasteiger charge is 2.50. The topological polar surface area (TPSA) is 73.9 Å². The van der Waals surface area contributed by atoms with Crippen LogP contribution in [0.2, 0.25) is 0 Å². The van der Waals surface area contributed by atoms with E-state index in [1.165, 1.54) is 14.2 Å². The third-order valence-electron chi connectivity index (χ3n) is 5.55. The van der Waals surface area contributed by atoms with Gasteiger partial charge in [0, 0.05) is 12.1 Å². The van der Waals surface area contributed by atoms with Crippen molar-refractivity contribution in [1.82, 2.24) is 0 Å². The van der Waals surface area contributed by atoms with E-state index in [1.807, 2.05) is 80.6 Å². The van der Waals surface area contributed by atoms with Gasteiger partial charge < -0.3 is 19.5 Å². The van der Waals surface area contributed by atoms with E-state index in [2.05, 4.69) is 5.32 Å². The van der Waals surface area contributed by atoms with E-state index in [9.17, 15) is 9.59 Å². The highest BCUT2D eigenvalue weighted by Crippen LogP contribution is 2.44. The molecule has 1 aliphatic rings. The van der Waals surface area contributed by atoms with Gasteiger partial charge in [0.25, 0.3) is 0 Å². The molecule has 1 N–H and O–H groups in total. The third kappa shape index (κ3) is 4.60. The molecule has 0 amide bonds. The van der Waals surface area contributed by atoms with Gasteiger partial charge in [0.05, 0.1) is 38.0 Å². The summed E-state index contributed by atoms with van der Waals surface area (Å²) in [6, 6.07) is 17.1. The van der Waals surface area contributed by atoms with E-state index in [1.54, 1.807) is 0 Å². The van der Waals surface area contributed by atoms with E-state index in [0.717, 1.165) is 16.8 Å². The molecular weight excluding hydrogens is 406 g/mol. The quantitative estimate of drug-likeness (QED) is 0.509. The molecule has 0 aliphatic carbocycles. The summed E-state index contributed by atoms with van der Waals surface area (Å²) >= 11 is 0. The molecule has 0 saturated heterocycles. The minimum Gasteiger partial charge on any atom is -0.466 e. The molecule has 0 spiro atoms. The standard InChI is InChI=1S/C26H29NO5/c1-5-16-26(22(25(29)31-4)21(15-17-32-26)24(28)30-3)23(19-13-11-18(2)12-14-19)27-20-9-7-6-8-10-20/h5-14,16,23,27H,15,17H2,1-4H3. The predicted molar refractivity (Wildman–Crippen MR) is 123 cm³/mol. The zero-order chi connectivity index (χ0) is 23.1. The summed E-state index contributed by atoms with van der Waals surface area (Å²) in [6.07, 6.45) is 3.88. The maximum Gasteiger partial charge on any atom is 0.337 e. The number of nitrogens with one attached hydrogen (secondary N) is 1. The second-order valence-corrected chi connectivity index (χ2v) is 7.58. The molecule has 0 aromatic heterocycles. The summed E-state index contributed by atoms with van der Waals surface area (Å²) in [6.45, 7) is 4.10. The number of hydrogen-bond donors (Lipinski definition) is 1. The fourth-order valence-corrected chi connectivity index (χ4v) is 4.07. The Morgan fingerprint density at radius 3 is 2.28 bits per heavy atom. The fraction of sp³-hybridized carbons (Fsp3) is 0.308. The van der Waals surface area contributed by atoms with Crippen LogP contribution in [-0.4, -0.2) is 38.4 Å². The minimum atomic E-state index is -1.30. The Morgan fingerprint density at radius 1 is 1.03 bits per heavy atom. The van der Waals surface area contributed by atoms with Crippen molar-refractivity contribution in [1.29, 1.82) is 0 Å². The van der Waals surface area contributed by atoms with Crippen LogP contribution in [0.15, 0.2) is 77.9 Å². The van der Waals surface area contributed by atoms with Crippen molar-refractivity contribution >= 4 is 17.6 Å². The summed E-state index contributed by atoms with van der Waals surface area (Å²) in [5.41, 5.74) is 1.95. The Bertz CT molecular complexity index is 1010. The number of benzene rings is 2. The molecule has 1 heterocycles.